The Bertz CT molecular complexity index is 817. The summed E-state index contributed by atoms with van der Waals surface area (Å²) < 4.78 is 16.3. The van der Waals surface area contributed by atoms with Crippen molar-refractivity contribution in [3.8, 4) is 17.4 Å². The molecule has 4 rings (SSSR count). The van der Waals surface area contributed by atoms with Gasteiger partial charge in [-0.1, -0.05) is 6.07 Å². The van der Waals surface area contributed by atoms with Crippen LogP contribution in [-0.2, 0) is 6.61 Å². The highest BCUT2D eigenvalue weighted by atomic mass is 16.7. The van der Waals surface area contributed by atoms with Gasteiger partial charge in [0.05, 0.1) is 6.33 Å². The van der Waals surface area contributed by atoms with Crippen LogP contribution in [-0.4, -0.2) is 26.7 Å². The first-order valence-electron chi connectivity index (χ1n) is 6.27. The minimum atomic E-state index is 0.121. The summed E-state index contributed by atoms with van der Waals surface area (Å²) in [6, 6.07) is 5.63. The number of hydrogen-bond donors (Lipinski definition) is 2. The van der Waals surface area contributed by atoms with E-state index < -0.39 is 0 Å². The van der Waals surface area contributed by atoms with Crippen LogP contribution in [0.3, 0.4) is 0 Å². The van der Waals surface area contributed by atoms with Crippen LogP contribution in [0.15, 0.2) is 24.5 Å². The van der Waals surface area contributed by atoms with Crippen molar-refractivity contribution in [1.82, 2.24) is 19.9 Å². The van der Waals surface area contributed by atoms with Gasteiger partial charge in [-0.2, -0.15) is 9.97 Å². The maximum atomic E-state index is 5.71. The Morgan fingerprint density at radius 3 is 3.10 bits per heavy atom. The average molecular weight is 285 g/mol. The fraction of sp³-hybridized carbons (Fsp3) is 0.154. The Balaban J connectivity index is 1.59. The number of rotatable bonds is 3. The second-order valence-electron chi connectivity index (χ2n) is 4.46. The number of benzene rings is 1. The van der Waals surface area contributed by atoms with Crippen molar-refractivity contribution in [3.05, 3.63) is 30.1 Å². The summed E-state index contributed by atoms with van der Waals surface area (Å²) in [6.07, 6.45) is 1.52. The van der Waals surface area contributed by atoms with E-state index in [1.54, 1.807) is 0 Å². The molecule has 21 heavy (non-hydrogen) atoms. The van der Waals surface area contributed by atoms with E-state index in [4.69, 9.17) is 19.9 Å². The first-order valence-corrected chi connectivity index (χ1v) is 6.27. The molecule has 0 spiro atoms. The Kier molecular flexibility index (Phi) is 2.53. The summed E-state index contributed by atoms with van der Waals surface area (Å²) in [7, 11) is 0. The fourth-order valence-corrected chi connectivity index (χ4v) is 2.11. The number of H-pyrrole nitrogens is 1. The van der Waals surface area contributed by atoms with E-state index in [2.05, 4.69) is 19.9 Å². The first kappa shape index (κ1) is 11.8. The molecule has 0 radical (unpaired) electrons. The van der Waals surface area contributed by atoms with E-state index in [-0.39, 0.29) is 12.7 Å². The fourth-order valence-electron chi connectivity index (χ4n) is 2.11. The molecule has 0 fully saturated rings. The molecule has 0 saturated carbocycles. The number of imidazole rings is 1. The minimum Gasteiger partial charge on any atom is -0.471 e. The topological polar surface area (TPSA) is 108 Å². The highest BCUT2D eigenvalue weighted by Crippen LogP contribution is 2.32. The molecular weight excluding hydrogens is 274 g/mol. The van der Waals surface area contributed by atoms with Gasteiger partial charge in [-0.15, -0.1) is 0 Å². The minimum absolute atomic E-state index is 0.121. The zero-order chi connectivity index (χ0) is 14.2. The number of hydrogen-bond acceptors (Lipinski definition) is 7. The van der Waals surface area contributed by atoms with E-state index in [0.29, 0.717) is 29.4 Å². The predicted molar refractivity (Wildman–Crippen MR) is 73.0 cm³/mol. The second-order valence-corrected chi connectivity index (χ2v) is 4.46. The molecule has 8 heteroatoms. The van der Waals surface area contributed by atoms with E-state index in [9.17, 15) is 0 Å². The summed E-state index contributed by atoms with van der Waals surface area (Å²) in [5.41, 5.74) is 7.66. The molecule has 0 aliphatic carbocycles. The van der Waals surface area contributed by atoms with Crippen molar-refractivity contribution in [1.29, 1.82) is 0 Å². The molecule has 3 N–H and O–H groups in total. The van der Waals surface area contributed by atoms with E-state index in [0.717, 1.165) is 11.3 Å². The van der Waals surface area contributed by atoms with E-state index in [1.807, 2.05) is 18.2 Å². The van der Waals surface area contributed by atoms with Gasteiger partial charge in [-0.05, 0) is 17.7 Å². The van der Waals surface area contributed by atoms with E-state index in [1.165, 1.54) is 6.33 Å². The summed E-state index contributed by atoms with van der Waals surface area (Å²) in [4.78, 5) is 15.1. The monoisotopic (exact) mass is 285 g/mol. The summed E-state index contributed by atoms with van der Waals surface area (Å²) in [6.45, 7) is 0.568. The van der Waals surface area contributed by atoms with Crippen molar-refractivity contribution in [2.75, 3.05) is 12.5 Å². The standard InChI is InChI=1S/C13H11N5O3/c14-13-17-11-10(15-5-16-11)12(18-13)19-4-7-1-2-8-9(3-7)21-6-20-8/h1-3,5H,4,6H2,(H3,14,15,16,17,18). The van der Waals surface area contributed by atoms with Crippen molar-refractivity contribution < 1.29 is 14.2 Å². The quantitative estimate of drug-likeness (QED) is 0.745. The molecule has 0 unspecified atom stereocenters. The number of anilines is 1. The molecule has 8 nitrogen and oxygen atoms in total. The molecule has 106 valence electrons. The number of nitrogens with two attached hydrogens (primary N) is 1. The van der Waals surface area contributed by atoms with Gasteiger partial charge in [0.1, 0.15) is 12.1 Å². The van der Waals surface area contributed by atoms with Gasteiger partial charge in [0.2, 0.25) is 18.6 Å². The molecule has 0 saturated heterocycles. The number of nitrogens with zero attached hydrogens (tertiary/aromatic N) is 3. The summed E-state index contributed by atoms with van der Waals surface area (Å²) in [5.74, 6) is 1.94. The zero-order valence-electron chi connectivity index (χ0n) is 10.9. The summed E-state index contributed by atoms with van der Waals surface area (Å²) >= 11 is 0. The van der Waals surface area contributed by atoms with Crippen LogP contribution in [0.25, 0.3) is 11.2 Å². The molecule has 2 aromatic heterocycles. The lowest BCUT2D eigenvalue weighted by molar-refractivity contribution is 0.174. The molecule has 1 aliphatic rings. The van der Waals surface area contributed by atoms with Gasteiger partial charge in [-0.25, -0.2) is 4.98 Å². The van der Waals surface area contributed by atoms with Crippen LogP contribution in [0, 0.1) is 0 Å². The Morgan fingerprint density at radius 2 is 2.14 bits per heavy atom. The lowest BCUT2D eigenvalue weighted by Crippen LogP contribution is -2.02. The van der Waals surface area contributed by atoms with Gasteiger partial charge < -0.3 is 24.9 Å². The van der Waals surface area contributed by atoms with Crippen LogP contribution in [0.5, 0.6) is 17.4 Å². The van der Waals surface area contributed by atoms with Gasteiger partial charge in [0.25, 0.3) is 0 Å². The molecule has 3 heterocycles. The maximum Gasteiger partial charge on any atom is 0.245 e. The third-order valence-corrected chi connectivity index (χ3v) is 3.08. The Labute approximate surface area is 118 Å². The van der Waals surface area contributed by atoms with Crippen LogP contribution in [0.2, 0.25) is 0 Å². The van der Waals surface area contributed by atoms with Crippen LogP contribution < -0.4 is 19.9 Å². The SMILES string of the molecule is Nc1nc(OCc2ccc3c(c2)OCO3)c2[nH]cnc2n1. The predicted octanol–water partition coefficient (Wildman–Crippen LogP) is 1.24. The molecule has 3 aromatic rings. The molecule has 0 bridgehead atoms. The van der Waals surface area contributed by atoms with Crippen molar-refractivity contribution >= 4 is 17.1 Å². The largest absolute Gasteiger partial charge is 0.471 e. The number of nitrogen functional groups attached to an aromatic ring is 1. The molecular formula is C13H11N5O3. The summed E-state index contributed by atoms with van der Waals surface area (Å²) in [5, 5.41) is 0. The number of fused-ring (bicyclic) bond motifs is 2. The lowest BCUT2D eigenvalue weighted by Gasteiger charge is -2.07. The van der Waals surface area contributed by atoms with Crippen LogP contribution >= 0.6 is 0 Å². The van der Waals surface area contributed by atoms with E-state index >= 15 is 0 Å². The molecule has 0 atom stereocenters. The van der Waals surface area contributed by atoms with Crippen LogP contribution in [0.4, 0.5) is 5.95 Å². The van der Waals surface area contributed by atoms with Crippen molar-refractivity contribution in [2.24, 2.45) is 0 Å². The van der Waals surface area contributed by atoms with Gasteiger partial charge >= 0.3 is 0 Å². The molecule has 0 amide bonds. The molecule has 1 aromatic carbocycles. The first-order chi connectivity index (χ1) is 10.3. The second kappa shape index (κ2) is 4.51. The number of aromatic amines is 1. The van der Waals surface area contributed by atoms with Crippen LogP contribution in [0.1, 0.15) is 5.56 Å². The highest BCUT2D eigenvalue weighted by molar-refractivity contribution is 5.76. The normalized spacial score (nSPS) is 12.8. The van der Waals surface area contributed by atoms with Crippen molar-refractivity contribution in [3.63, 3.8) is 0 Å². The average Bonchev–Trinajstić information content (AvgIpc) is 3.12. The number of aromatic nitrogens is 4. The third-order valence-electron chi connectivity index (χ3n) is 3.08. The maximum absolute atomic E-state index is 5.71. The highest BCUT2D eigenvalue weighted by Gasteiger charge is 2.14. The number of nitrogens with one attached hydrogen (secondary N) is 1. The molecule has 1 aliphatic heterocycles. The van der Waals surface area contributed by atoms with Crippen molar-refractivity contribution in [2.45, 2.75) is 6.61 Å². The zero-order valence-corrected chi connectivity index (χ0v) is 10.9. The Hall–Kier alpha value is -3.03. The van der Waals surface area contributed by atoms with Gasteiger partial charge in [-0.3, -0.25) is 0 Å². The Morgan fingerprint density at radius 1 is 1.24 bits per heavy atom. The third kappa shape index (κ3) is 2.06. The van der Waals surface area contributed by atoms with Gasteiger partial charge in [0.15, 0.2) is 17.1 Å². The smallest absolute Gasteiger partial charge is 0.245 e. The van der Waals surface area contributed by atoms with Gasteiger partial charge in [0, 0.05) is 0 Å². The number of ether oxygens (including phenoxy) is 3. The lowest BCUT2D eigenvalue weighted by atomic mass is 10.2.